The highest BCUT2D eigenvalue weighted by Gasteiger charge is 2.17. The number of carbonyl (C=O) groups excluding carboxylic acids is 2. The van der Waals surface area contributed by atoms with Crippen molar-refractivity contribution >= 4 is 23.2 Å². The van der Waals surface area contributed by atoms with E-state index in [0.717, 1.165) is 11.4 Å². The van der Waals surface area contributed by atoms with E-state index in [0.29, 0.717) is 28.4 Å². The molecule has 0 saturated carbocycles. The molecule has 0 fully saturated rings. The number of amides is 2. The average Bonchev–Trinajstić information content (AvgIpc) is 3.06. The van der Waals surface area contributed by atoms with E-state index in [1.807, 2.05) is 32.1 Å². The zero-order valence-electron chi connectivity index (χ0n) is 17.7. The smallest absolute Gasteiger partial charge is 0.279 e. The predicted molar refractivity (Wildman–Crippen MR) is 113 cm³/mol. The second-order valence-corrected chi connectivity index (χ2v) is 8.00. The quantitative estimate of drug-likeness (QED) is 0.705. The van der Waals surface area contributed by atoms with Gasteiger partial charge in [0.05, 0.1) is 14.2 Å². The number of aromatic nitrogens is 1. The van der Waals surface area contributed by atoms with E-state index in [2.05, 4.69) is 10.3 Å². The molecular formula is C20H28N4O4S. The lowest BCUT2D eigenvalue weighted by atomic mass is 10.2. The summed E-state index contributed by atoms with van der Waals surface area (Å²) in [6.07, 6.45) is 1.83. The molecule has 1 aromatic carbocycles. The van der Waals surface area contributed by atoms with E-state index in [9.17, 15) is 9.59 Å². The summed E-state index contributed by atoms with van der Waals surface area (Å²) < 4.78 is 12.2. The molecule has 0 aliphatic rings. The molecule has 0 aliphatic heterocycles. The van der Waals surface area contributed by atoms with Crippen molar-refractivity contribution in [1.82, 2.24) is 14.8 Å². The topological polar surface area (TPSA) is 85.2 Å². The van der Waals surface area contributed by atoms with Crippen molar-refractivity contribution in [2.24, 2.45) is 4.99 Å². The van der Waals surface area contributed by atoms with Crippen LogP contribution in [0.15, 0.2) is 29.4 Å². The minimum absolute atomic E-state index is 0.121. The van der Waals surface area contributed by atoms with E-state index in [1.54, 1.807) is 29.7 Å². The van der Waals surface area contributed by atoms with Gasteiger partial charge in [0, 0.05) is 29.7 Å². The Morgan fingerprint density at radius 2 is 1.93 bits per heavy atom. The normalized spacial score (nSPS) is 12.7. The minimum atomic E-state index is -0.487. The number of hydrogen-bond acceptors (Lipinski definition) is 6. The summed E-state index contributed by atoms with van der Waals surface area (Å²) in [5.41, 5.74) is 0.378. The van der Waals surface area contributed by atoms with Crippen molar-refractivity contribution in [2.45, 2.75) is 19.9 Å². The molecule has 0 saturated heterocycles. The van der Waals surface area contributed by atoms with Gasteiger partial charge in [0.2, 0.25) is 5.91 Å². The summed E-state index contributed by atoms with van der Waals surface area (Å²) >= 11 is 1.36. The molecule has 9 heteroatoms. The van der Waals surface area contributed by atoms with Gasteiger partial charge in [-0.2, -0.15) is 4.99 Å². The van der Waals surface area contributed by atoms with Crippen LogP contribution in [-0.2, 0) is 4.79 Å². The van der Waals surface area contributed by atoms with E-state index >= 15 is 0 Å². The van der Waals surface area contributed by atoms with Crippen molar-refractivity contribution in [2.75, 3.05) is 41.4 Å². The van der Waals surface area contributed by atoms with Gasteiger partial charge < -0.3 is 24.3 Å². The van der Waals surface area contributed by atoms with E-state index in [4.69, 9.17) is 9.47 Å². The average molecular weight is 421 g/mol. The first kappa shape index (κ1) is 22.6. The first-order chi connectivity index (χ1) is 13.8. The van der Waals surface area contributed by atoms with E-state index in [-0.39, 0.29) is 5.91 Å². The van der Waals surface area contributed by atoms with Crippen LogP contribution < -0.4 is 19.6 Å². The molecule has 0 aliphatic carbocycles. The first-order valence-corrected chi connectivity index (χ1v) is 10.0. The Morgan fingerprint density at radius 3 is 2.55 bits per heavy atom. The molecule has 1 unspecified atom stereocenters. The third-order valence-electron chi connectivity index (χ3n) is 4.28. The maximum absolute atomic E-state index is 12.7. The van der Waals surface area contributed by atoms with Gasteiger partial charge in [-0.05, 0) is 46.1 Å². The zero-order valence-corrected chi connectivity index (χ0v) is 18.5. The Hall–Kier alpha value is -2.65. The Balaban J connectivity index is 2.28. The molecule has 1 heterocycles. The molecule has 2 amide bonds. The van der Waals surface area contributed by atoms with E-state index < -0.39 is 11.9 Å². The molecule has 1 aromatic heterocycles. The number of aryl methyl sites for hydroxylation is 1. The van der Waals surface area contributed by atoms with Gasteiger partial charge in [-0.1, -0.05) is 0 Å². The van der Waals surface area contributed by atoms with Crippen LogP contribution in [0.25, 0.3) is 0 Å². The fourth-order valence-electron chi connectivity index (χ4n) is 2.63. The third kappa shape index (κ3) is 5.91. The molecular weight excluding hydrogens is 392 g/mol. The Kier molecular flexibility index (Phi) is 7.98. The number of hydrogen-bond donors (Lipinski definition) is 1. The monoisotopic (exact) mass is 420 g/mol. The molecule has 1 N–H and O–H groups in total. The summed E-state index contributed by atoms with van der Waals surface area (Å²) in [5.74, 6) is 0.456. The molecule has 158 valence electrons. The van der Waals surface area contributed by atoms with Crippen LogP contribution >= 0.6 is 11.3 Å². The lowest BCUT2D eigenvalue weighted by molar-refractivity contribution is -0.123. The highest BCUT2D eigenvalue weighted by Crippen LogP contribution is 2.27. The Morgan fingerprint density at radius 1 is 1.24 bits per heavy atom. The summed E-state index contributed by atoms with van der Waals surface area (Å²) in [5, 5.41) is 2.91. The van der Waals surface area contributed by atoms with Crippen LogP contribution in [0.5, 0.6) is 11.5 Å². The summed E-state index contributed by atoms with van der Waals surface area (Å²) in [4.78, 5) is 32.9. The Labute approximate surface area is 174 Å². The summed E-state index contributed by atoms with van der Waals surface area (Å²) in [6, 6.07) is 4.40. The Bertz CT molecular complexity index is 933. The molecule has 0 radical (unpaired) electrons. The number of nitrogens with one attached hydrogen (secondary N) is 1. The molecule has 29 heavy (non-hydrogen) atoms. The van der Waals surface area contributed by atoms with Gasteiger partial charge in [0.25, 0.3) is 5.91 Å². The number of carbonyl (C=O) groups is 2. The van der Waals surface area contributed by atoms with Crippen molar-refractivity contribution in [3.8, 4) is 11.5 Å². The molecule has 0 bridgehead atoms. The number of benzene rings is 1. The third-order valence-corrected chi connectivity index (χ3v) is 5.19. The fourth-order valence-corrected chi connectivity index (χ4v) is 3.53. The number of methoxy groups -OCH3 is 2. The molecule has 1 atom stereocenters. The summed E-state index contributed by atoms with van der Waals surface area (Å²) in [7, 11) is 6.94. The number of nitrogens with zero attached hydrogens (tertiary/aromatic N) is 3. The van der Waals surface area contributed by atoms with Gasteiger partial charge >= 0.3 is 0 Å². The SMILES string of the molecule is COc1ccc(C(=O)N=c2sc(C)cn2C(C)C(=O)NCCN(C)C)cc1OC. The number of thiazole rings is 1. The molecule has 0 spiro atoms. The maximum atomic E-state index is 12.7. The fraction of sp³-hybridized carbons (Fsp3) is 0.450. The van der Waals surface area contributed by atoms with Crippen LogP contribution in [0.4, 0.5) is 0 Å². The molecule has 2 rings (SSSR count). The second kappa shape index (κ2) is 10.2. The van der Waals surface area contributed by atoms with Gasteiger partial charge in [-0.3, -0.25) is 9.59 Å². The van der Waals surface area contributed by atoms with Crippen LogP contribution in [0.2, 0.25) is 0 Å². The largest absolute Gasteiger partial charge is 0.493 e. The highest BCUT2D eigenvalue weighted by molar-refractivity contribution is 7.09. The van der Waals surface area contributed by atoms with Gasteiger partial charge in [0.1, 0.15) is 6.04 Å². The minimum Gasteiger partial charge on any atom is -0.493 e. The summed E-state index contributed by atoms with van der Waals surface area (Å²) in [6.45, 7) is 5.01. The molecule has 2 aromatic rings. The highest BCUT2D eigenvalue weighted by atomic mass is 32.1. The van der Waals surface area contributed by atoms with Crippen molar-refractivity contribution in [1.29, 1.82) is 0 Å². The lowest BCUT2D eigenvalue weighted by Gasteiger charge is -2.15. The number of rotatable bonds is 8. The number of likely N-dealkylation sites (N-methyl/N-ethyl adjacent to an activating group) is 1. The van der Waals surface area contributed by atoms with Crippen LogP contribution in [-0.4, -0.2) is 62.7 Å². The van der Waals surface area contributed by atoms with E-state index in [1.165, 1.54) is 25.6 Å². The van der Waals surface area contributed by atoms with Crippen LogP contribution in [0.3, 0.4) is 0 Å². The van der Waals surface area contributed by atoms with Crippen LogP contribution in [0, 0.1) is 6.92 Å². The predicted octanol–water partition coefficient (Wildman–Crippen LogP) is 1.86. The van der Waals surface area contributed by atoms with Gasteiger partial charge in [-0.25, -0.2) is 0 Å². The van der Waals surface area contributed by atoms with Crippen molar-refractivity contribution in [3.63, 3.8) is 0 Å². The number of ether oxygens (including phenoxy) is 2. The standard InChI is InChI=1S/C20H28N4O4S/c1-13-12-24(14(2)18(25)21-9-10-23(3)4)20(29-13)22-19(26)15-7-8-16(27-5)17(11-15)28-6/h7-8,11-12,14H,9-10H2,1-6H3,(H,21,25). The van der Waals surface area contributed by atoms with Crippen molar-refractivity contribution < 1.29 is 19.1 Å². The lowest BCUT2D eigenvalue weighted by Crippen LogP contribution is -2.37. The molecule has 8 nitrogen and oxygen atoms in total. The zero-order chi connectivity index (χ0) is 21.6. The van der Waals surface area contributed by atoms with Crippen molar-refractivity contribution in [3.05, 3.63) is 39.6 Å². The van der Waals surface area contributed by atoms with Gasteiger partial charge in [0.15, 0.2) is 16.3 Å². The maximum Gasteiger partial charge on any atom is 0.279 e. The first-order valence-electron chi connectivity index (χ1n) is 9.19. The second-order valence-electron chi connectivity index (χ2n) is 6.79. The van der Waals surface area contributed by atoms with Gasteiger partial charge in [-0.15, -0.1) is 11.3 Å². The van der Waals surface area contributed by atoms with Crippen LogP contribution in [0.1, 0.15) is 28.2 Å².